The Labute approximate surface area is 126 Å². The molecule has 4 nitrogen and oxygen atoms in total. The van der Waals surface area contributed by atoms with Gasteiger partial charge in [0.1, 0.15) is 0 Å². The van der Waals surface area contributed by atoms with E-state index in [0.717, 1.165) is 18.2 Å². The molecule has 2 rings (SSSR count). The summed E-state index contributed by atoms with van der Waals surface area (Å²) >= 11 is 2.03. The number of hydrogen-bond donors (Lipinski definition) is 1. The highest BCUT2D eigenvalue weighted by Gasteiger charge is 2.17. The SMILES string of the molecule is CN(C)S(=O)(=O)c1ccc(NCC2CCSCC2)cc1. The first-order valence-corrected chi connectivity index (χ1v) is 9.44. The van der Waals surface area contributed by atoms with Crippen molar-refractivity contribution in [3.8, 4) is 0 Å². The number of nitrogens with one attached hydrogen (secondary N) is 1. The third-order valence-corrected chi connectivity index (χ3v) is 6.45. The molecule has 20 heavy (non-hydrogen) atoms. The first kappa shape index (κ1) is 15.7. The van der Waals surface area contributed by atoms with E-state index in [1.807, 2.05) is 23.9 Å². The van der Waals surface area contributed by atoms with Crippen LogP contribution in [0.15, 0.2) is 29.2 Å². The maximum absolute atomic E-state index is 12.0. The van der Waals surface area contributed by atoms with E-state index < -0.39 is 10.0 Å². The molecule has 1 fully saturated rings. The second-order valence-corrected chi connectivity index (χ2v) is 8.63. The normalized spacial score (nSPS) is 17.4. The van der Waals surface area contributed by atoms with Crippen LogP contribution in [0.5, 0.6) is 0 Å². The quantitative estimate of drug-likeness (QED) is 0.907. The lowest BCUT2D eigenvalue weighted by molar-refractivity contribution is 0.516. The number of hydrogen-bond acceptors (Lipinski definition) is 4. The summed E-state index contributed by atoms with van der Waals surface area (Å²) in [5.41, 5.74) is 0.987. The van der Waals surface area contributed by atoms with Crippen molar-refractivity contribution in [2.75, 3.05) is 37.5 Å². The Morgan fingerprint density at radius 3 is 2.35 bits per heavy atom. The molecule has 0 unspecified atom stereocenters. The van der Waals surface area contributed by atoms with Crippen molar-refractivity contribution < 1.29 is 8.42 Å². The molecule has 0 bridgehead atoms. The topological polar surface area (TPSA) is 49.4 Å². The minimum atomic E-state index is -3.33. The number of thioether (sulfide) groups is 1. The van der Waals surface area contributed by atoms with Crippen molar-refractivity contribution in [3.63, 3.8) is 0 Å². The maximum atomic E-state index is 12.0. The Bertz CT molecular complexity index is 521. The summed E-state index contributed by atoms with van der Waals surface area (Å²) in [7, 11) is -0.238. The van der Waals surface area contributed by atoms with Gasteiger partial charge in [-0.1, -0.05) is 0 Å². The molecule has 112 valence electrons. The Hall–Kier alpha value is -0.720. The van der Waals surface area contributed by atoms with Crippen molar-refractivity contribution in [1.82, 2.24) is 4.31 Å². The lowest BCUT2D eigenvalue weighted by Gasteiger charge is -2.22. The van der Waals surface area contributed by atoms with E-state index in [9.17, 15) is 8.42 Å². The van der Waals surface area contributed by atoms with Gasteiger partial charge in [-0.2, -0.15) is 11.8 Å². The zero-order valence-electron chi connectivity index (χ0n) is 12.0. The largest absolute Gasteiger partial charge is 0.385 e. The molecule has 0 amide bonds. The van der Waals surface area contributed by atoms with Gasteiger partial charge in [-0.15, -0.1) is 0 Å². The van der Waals surface area contributed by atoms with Crippen molar-refractivity contribution in [2.24, 2.45) is 5.92 Å². The minimum absolute atomic E-state index is 0.335. The highest BCUT2D eigenvalue weighted by atomic mass is 32.2. The molecular weight excluding hydrogens is 292 g/mol. The molecule has 1 aromatic carbocycles. The van der Waals surface area contributed by atoms with Gasteiger partial charge in [0.25, 0.3) is 0 Å². The van der Waals surface area contributed by atoms with Gasteiger partial charge in [-0.3, -0.25) is 0 Å². The fraction of sp³-hybridized carbons (Fsp3) is 0.571. The van der Waals surface area contributed by atoms with Crippen molar-refractivity contribution in [3.05, 3.63) is 24.3 Å². The fourth-order valence-electron chi connectivity index (χ4n) is 2.17. The monoisotopic (exact) mass is 314 g/mol. The van der Waals surface area contributed by atoms with Crippen LogP contribution >= 0.6 is 11.8 Å². The molecule has 0 saturated carbocycles. The zero-order valence-corrected chi connectivity index (χ0v) is 13.6. The molecule has 1 aliphatic rings. The van der Waals surface area contributed by atoms with Crippen LogP contribution < -0.4 is 5.32 Å². The molecule has 1 N–H and O–H groups in total. The highest BCUT2D eigenvalue weighted by molar-refractivity contribution is 7.99. The fourth-order valence-corrected chi connectivity index (χ4v) is 4.27. The van der Waals surface area contributed by atoms with Crippen molar-refractivity contribution in [2.45, 2.75) is 17.7 Å². The lowest BCUT2D eigenvalue weighted by Crippen LogP contribution is -2.22. The summed E-state index contributed by atoms with van der Waals surface area (Å²) in [6, 6.07) is 7.00. The molecule has 0 spiro atoms. The predicted molar refractivity (Wildman–Crippen MR) is 85.9 cm³/mol. The van der Waals surface area contributed by atoms with E-state index in [0.29, 0.717) is 4.90 Å². The van der Waals surface area contributed by atoms with Crippen LogP contribution in [0.4, 0.5) is 5.69 Å². The number of anilines is 1. The van der Waals surface area contributed by atoms with Gasteiger partial charge < -0.3 is 5.32 Å². The third-order valence-electron chi connectivity index (χ3n) is 3.57. The van der Waals surface area contributed by atoms with Gasteiger partial charge in [0, 0.05) is 26.3 Å². The standard InChI is InChI=1S/C14H22N2O2S2/c1-16(2)20(17,18)14-5-3-13(4-6-14)15-11-12-7-9-19-10-8-12/h3-6,12,15H,7-11H2,1-2H3. The van der Waals surface area contributed by atoms with Crippen LogP contribution in [0.25, 0.3) is 0 Å². The van der Waals surface area contributed by atoms with E-state index in [1.165, 1.54) is 28.7 Å². The van der Waals surface area contributed by atoms with Gasteiger partial charge >= 0.3 is 0 Å². The zero-order chi connectivity index (χ0) is 14.6. The van der Waals surface area contributed by atoms with Gasteiger partial charge in [0.15, 0.2) is 0 Å². The summed E-state index contributed by atoms with van der Waals surface area (Å²) < 4.78 is 25.1. The Morgan fingerprint density at radius 1 is 1.20 bits per heavy atom. The molecule has 0 aliphatic carbocycles. The van der Waals surface area contributed by atoms with Gasteiger partial charge in [0.05, 0.1) is 4.90 Å². The number of nitrogens with zero attached hydrogens (tertiary/aromatic N) is 1. The number of sulfonamides is 1. The first-order valence-electron chi connectivity index (χ1n) is 6.84. The summed E-state index contributed by atoms with van der Waals surface area (Å²) in [5.74, 6) is 3.25. The second-order valence-electron chi connectivity index (χ2n) is 5.25. The number of benzene rings is 1. The average molecular weight is 314 g/mol. The lowest BCUT2D eigenvalue weighted by atomic mass is 10.0. The van der Waals surface area contributed by atoms with Crippen LogP contribution in [0.2, 0.25) is 0 Å². The van der Waals surface area contributed by atoms with Gasteiger partial charge in [-0.05, 0) is 54.5 Å². The van der Waals surface area contributed by atoms with Gasteiger partial charge in [-0.25, -0.2) is 12.7 Å². The summed E-state index contributed by atoms with van der Waals surface area (Å²) in [6.07, 6.45) is 2.54. The highest BCUT2D eigenvalue weighted by Crippen LogP contribution is 2.23. The van der Waals surface area contributed by atoms with E-state index in [4.69, 9.17) is 0 Å². The Kier molecular flexibility index (Phi) is 5.35. The minimum Gasteiger partial charge on any atom is -0.385 e. The van der Waals surface area contributed by atoms with Crippen LogP contribution in [-0.2, 0) is 10.0 Å². The van der Waals surface area contributed by atoms with E-state index in [-0.39, 0.29) is 0 Å². The van der Waals surface area contributed by atoms with Gasteiger partial charge in [0.2, 0.25) is 10.0 Å². The smallest absolute Gasteiger partial charge is 0.242 e. The molecule has 0 atom stereocenters. The van der Waals surface area contributed by atoms with Crippen LogP contribution in [-0.4, -0.2) is 44.9 Å². The van der Waals surface area contributed by atoms with Crippen molar-refractivity contribution >= 4 is 27.5 Å². The predicted octanol–water partition coefficient (Wildman–Crippen LogP) is 2.49. The molecule has 1 aromatic rings. The maximum Gasteiger partial charge on any atom is 0.242 e. The van der Waals surface area contributed by atoms with E-state index in [1.54, 1.807) is 26.2 Å². The molecular formula is C14H22N2O2S2. The first-order chi connectivity index (χ1) is 9.50. The average Bonchev–Trinajstić information content (AvgIpc) is 2.46. The second kappa shape index (κ2) is 6.83. The Balaban J connectivity index is 1.94. The van der Waals surface area contributed by atoms with Crippen LogP contribution in [0.3, 0.4) is 0 Å². The van der Waals surface area contributed by atoms with Crippen molar-refractivity contribution in [1.29, 1.82) is 0 Å². The van der Waals surface area contributed by atoms with Crippen LogP contribution in [0.1, 0.15) is 12.8 Å². The molecule has 1 heterocycles. The van der Waals surface area contributed by atoms with Crippen LogP contribution in [0, 0.1) is 5.92 Å². The van der Waals surface area contributed by atoms with E-state index >= 15 is 0 Å². The molecule has 6 heteroatoms. The summed E-state index contributed by atoms with van der Waals surface area (Å²) in [4.78, 5) is 0.335. The summed E-state index contributed by atoms with van der Waals surface area (Å²) in [6.45, 7) is 0.973. The molecule has 0 aromatic heterocycles. The summed E-state index contributed by atoms with van der Waals surface area (Å²) in [5, 5.41) is 3.40. The molecule has 0 radical (unpaired) electrons. The Morgan fingerprint density at radius 2 is 1.80 bits per heavy atom. The molecule has 1 aliphatic heterocycles. The number of rotatable bonds is 5. The third kappa shape index (κ3) is 3.90. The van der Waals surface area contributed by atoms with E-state index in [2.05, 4.69) is 5.32 Å². The molecule has 1 saturated heterocycles.